The van der Waals surface area contributed by atoms with Gasteiger partial charge < -0.3 is 5.32 Å². The van der Waals surface area contributed by atoms with Gasteiger partial charge in [-0.05, 0) is 54.1 Å². The lowest BCUT2D eigenvalue weighted by molar-refractivity contribution is 0.919. The number of nitrogens with zero attached hydrogens (tertiary/aromatic N) is 4. The van der Waals surface area contributed by atoms with Gasteiger partial charge in [-0.2, -0.15) is 0 Å². The normalized spacial score (nSPS) is 11.0. The van der Waals surface area contributed by atoms with E-state index in [1.54, 1.807) is 17.5 Å². The molecule has 0 saturated carbocycles. The molecule has 0 aliphatic heterocycles. The molecular formula is C18H17N5S. The van der Waals surface area contributed by atoms with E-state index in [4.69, 9.17) is 0 Å². The smallest absolute Gasteiger partial charge is 0.154 e. The molecule has 6 heteroatoms. The summed E-state index contributed by atoms with van der Waals surface area (Å²) in [6.45, 7) is 2.91. The minimum absolute atomic E-state index is 0.812. The lowest BCUT2D eigenvalue weighted by Crippen LogP contribution is -2.08. The van der Waals surface area contributed by atoms with Gasteiger partial charge in [-0.15, -0.1) is 16.4 Å². The Kier molecular flexibility index (Phi) is 3.96. The number of thiophene rings is 1. The summed E-state index contributed by atoms with van der Waals surface area (Å²) < 4.78 is 1.90. The maximum Gasteiger partial charge on any atom is 0.154 e. The minimum atomic E-state index is 0.812. The fraction of sp³-hybridized carbons (Fsp3) is 0.167. The molecule has 0 radical (unpaired) electrons. The lowest BCUT2D eigenvalue weighted by atomic mass is 10.2. The second kappa shape index (κ2) is 6.41. The third kappa shape index (κ3) is 3.00. The summed E-state index contributed by atoms with van der Waals surface area (Å²) in [7, 11) is 0. The van der Waals surface area contributed by atoms with E-state index in [-0.39, 0.29) is 0 Å². The van der Waals surface area contributed by atoms with Gasteiger partial charge in [0.15, 0.2) is 5.65 Å². The molecule has 0 unspecified atom stereocenters. The van der Waals surface area contributed by atoms with E-state index in [0.717, 1.165) is 30.1 Å². The number of imidazole rings is 1. The fourth-order valence-electron chi connectivity index (χ4n) is 2.58. The lowest BCUT2D eigenvalue weighted by Gasteiger charge is -2.06. The average Bonchev–Trinajstić information content (AvgIpc) is 3.21. The molecule has 5 nitrogen and oxygen atoms in total. The molecule has 0 aromatic carbocycles. The van der Waals surface area contributed by atoms with Gasteiger partial charge in [-0.25, -0.2) is 9.50 Å². The van der Waals surface area contributed by atoms with Crippen molar-refractivity contribution in [3.05, 3.63) is 65.4 Å². The van der Waals surface area contributed by atoms with Crippen molar-refractivity contribution in [2.45, 2.75) is 13.3 Å². The number of aryl methyl sites for hydroxylation is 1. The van der Waals surface area contributed by atoms with Gasteiger partial charge >= 0.3 is 0 Å². The van der Waals surface area contributed by atoms with Crippen LogP contribution < -0.4 is 5.32 Å². The van der Waals surface area contributed by atoms with Crippen LogP contribution in [0.2, 0.25) is 0 Å². The summed E-state index contributed by atoms with van der Waals surface area (Å²) in [5.41, 5.74) is 4.35. The Morgan fingerprint density at radius 2 is 2.17 bits per heavy atom. The van der Waals surface area contributed by atoms with Gasteiger partial charge in [0.25, 0.3) is 0 Å². The summed E-state index contributed by atoms with van der Waals surface area (Å²) in [4.78, 5) is 9.76. The number of hydrogen-bond acceptors (Lipinski definition) is 5. The zero-order valence-corrected chi connectivity index (χ0v) is 14.1. The summed E-state index contributed by atoms with van der Waals surface area (Å²) >= 11 is 1.71. The first-order valence-corrected chi connectivity index (χ1v) is 8.71. The predicted octanol–water partition coefficient (Wildman–Crippen LogP) is 3.82. The predicted molar refractivity (Wildman–Crippen MR) is 97.5 cm³/mol. The second-order valence-corrected chi connectivity index (χ2v) is 6.57. The van der Waals surface area contributed by atoms with E-state index in [2.05, 4.69) is 44.8 Å². The summed E-state index contributed by atoms with van der Waals surface area (Å²) in [6, 6.07) is 10.2. The molecule has 0 aliphatic carbocycles. The number of pyridine rings is 1. The molecule has 1 N–H and O–H groups in total. The zero-order valence-electron chi connectivity index (χ0n) is 13.3. The molecule has 0 aliphatic rings. The van der Waals surface area contributed by atoms with Crippen LogP contribution in [0.5, 0.6) is 0 Å². The van der Waals surface area contributed by atoms with Gasteiger partial charge in [-0.3, -0.25) is 4.98 Å². The Morgan fingerprint density at radius 1 is 1.21 bits per heavy atom. The highest BCUT2D eigenvalue weighted by atomic mass is 32.1. The van der Waals surface area contributed by atoms with E-state index >= 15 is 0 Å². The van der Waals surface area contributed by atoms with Crippen LogP contribution in [0.4, 0.5) is 5.82 Å². The highest BCUT2D eigenvalue weighted by Crippen LogP contribution is 2.27. The van der Waals surface area contributed by atoms with Crippen LogP contribution in [0.25, 0.3) is 16.2 Å². The molecule has 0 bridgehead atoms. The zero-order chi connectivity index (χ0) is 16.4. The molecule has 0 atom stereocenters. The van der Waals surface area contributed by atoms with Crippen molar-refractivity contribution in [1.29, 1.82) is 0 Å². The first kappa shape index (κ1) is 14.8. The van der Waals surface area contributed by atoms with Crippen molar-refractivity contribution in [3.63, 3.8) is 0 Å². The first-order valence-electron chi connectivity index (χ1n) is 7.83. The molecule has 4 aromatic heterocycles. The van der Waals surface area contributed by atoms with Gasteiger partial charge in [0.1, 0.15) is 11.5 Å². The number of fused-ring (bicyclic) bond motifs is 1. The largest absolute Gasteiger partial charge is 0.368 e. The van der Waals surface area contributed by atoms with Crippen molar-refractivity contribution in [3.8, 4) is 10.6 Å². The highest BCUT2D eigenvalue weighted by molar-refractivity contribution is 7.13. The van der Waals surface area contributed by atoms with Gasteiger partial charge in [-0.1, -0.05) is 6.07 Å². The molecule has 4 heterocycles. The Labute approximate surface area is 144 Å². The topological polar surface area (TPSA) is 55.1 Å². The number of hydrogen-bond donors (Lipinski definition) is 1. The van der Waals surface area contributed by atoms with Crippen molar-refractivity contribution in [2.75, 3.05) is 11.9 Å². The number of anilines is 1. The Hall–Kier alpha value is -2.73. The van der Waals surface area contributed by atoms with E-state index in [9.17, 15) is 0 Å². The van der Waals surface area contributed by atoms with Crippen LogP contribution >= 0.6 is 11.3 Å². The SMILES string of the molecule is Cc1csc(-c2cnc3ccc(NCCc4cccnc4)nn23)c1. The van der Waals surface area contributed by atoms with Gasteiger partial charge in [0.2, 0.25) is 0 Å². The summed E-state index contributed by atoms with van der Waals surface area (Å²) in [6.07, 6.45) is 6.48. The molecule has 4 rings (SSSR count). The van der Waals surface area contributed by atoms with E-state index < -0.39 is 0 Å². The Balaban J connectivity index is 1.54. The molecule has 0 amide bonds. The second-order valence-electron chi connectivity index (χ2n) is 5.66. The molecule has 24 heavy (non-hydrogen) atoms. The average molecular weight is 335 g/mol. The maximum absolute atomic E-state index is 4.69. The van der Waals surface area contributed by atoms with E-state index in [1.807, 2.05) is 35.1 Å². The number of nitrogens with one attached hydrogen (secondary N) is 1. The van der Waals surface area contributed by atoms with E-state index in [1.165, 1.54) is 16.0 Å². The third-order valence-electron chi connectivity index (χ3n) is 3.79. The molecule has 0 fully saturated rings. The van der Waals surface area contributed by atoms with Crippen LogP contribution in [0, 0.1) is 6.92 Å². The third-order valence-corrected chi connectivity index (χ3v) is 4.86. The first-order chi connectivity index (χ1) is 11.8. The molecule has 120 valence electrons. The van der Waals surface area contributed by atoms with Crippen LogP contribution in [0.1, 0.15) is 11.1 Å². The minimum Gasteiger partial charge on any atom is -0.368 e. The van der Waals surface area contributed by atoms with Crippen molar-refractivity contribution in [1.82, 2.24) is 19.6 Å². The Bertz CT molecular complexity index is 958. The van der Waals surface area contributed by atoms with Crippen molar-refractivity contribution >= 4 is 22.8 Å². The monoisotopic (exact) mass is 335 g/mol. The van der Waals surface area contributed by atoms with Crippen molar-refractivity contribution in [2.24, 2.45) is 0 Å². The molecule has 4 aromatic rings. The summed E-state index contributed by atoms with van der Waals surface area (Å²) in [5, 5.41) is 10.2. The Morgan fingerprint density at radius 3 is 2.96 bits per heavy atom. The van der Waals surface area contributed by atoms with E-state index in [0.29, 0.717) is 0 Å². The van der Waals surface area contributed by atoms with Crippen LogP contribution in [0.15, 0.2) is 54.3 Å². The van der Waals surface area contributed by atoms with Gasteiger partial charge in [0, 0.05) is 18.9 Å². The van der Waals surface area contributed by atoms with Crippen molar-refractivity contribution < 1.29 is 0 Å². The number of aromatic nitrogens is 4. The van der Waals surface area contributed by atoms with Gasteiger partial charge in [0.05, 0.1) is 11.1 Å². The quantitative estimate of drug-likeness (QED) is 0.602. The molecule has 0 saturated heterocycles. The molecule has 0 spiro atoms. The fourth-order valence-corrected chi connectivity index (χ4v) is 3.48. The standard InChI is InChI=1S/C18H17N5S/c1-13-9-16(24-12-13)15-11-21-18-5-4-17(22-23(15)18)20-8-6-14-3-2-7-19-10-14/h2-5,7,9-12H,6,8H2,1H3,(H,20,22). The highest BCUT2D eigenvalue weighted by Gasteiger charge is 2.09. The van der Waals surface area contributed by atoms with Crippen LogP contribution in [0.3, 0.4) is 0 Å². The van der Waals surface area contributed by atoms with Crippen LogP contribution in [-0.2, 0) is 6.42 Å². The number of rotatable bonds is 5. The summed E-state index contributed by atoms with van der Waals surface area (Å²) in [5.74, 6) is 0.846. The maximum atomic E-state index is 4.69. The van der Waals surface area contributed by atoms with Crippen LogP contribution in [-0.4, -0.2) is 26.1 Å². The molecular weight excluding hydrogens is 318 g/mol.